The first-order chi connectivity index (χ1) is 10.7. The minimum absolute atomic E-state index is 0.0139. The van der Waals surface area contributed by atoms with Crippen LogP contribution in [0.1, 0.15) is 29.7 Å². The molecule has 3 nitrogen and oxygen atoms in total. The normalized spacial score (nSPS) is 23.8. The van der Waals surface area contributed by atoms with Gasteiger partial charge in [0.25, 0.3) is 0 Å². The molecule has 0 fully saturated rings. The number of esters is 1. The highest BCUT2D eigenvalue weighted by atomic mass is 35.5. The number of ether oxygens (including phenoxy) is 2. The Hall–Kier alpha value is -0.970. The second-order valence-corrected chi connectivity index (χ2v) is 7.20. The minimum Gasteiger partial charge on any atom is -0.463 e. The van der Waals surface area contributed by atoms with Crippen molar-refractivity contribution in [2.45, 2.75) is 30.3 Å². The third kappa shape index (κ3) is 3.19. The van der Waals surface area contributed by atoms with Crippen LogP contribution in [0.4, 0.5) is 0 Å². The highest BCUT2D eigenvalue weighted by Crippen LogP contribution is 2.47. The molecule has 2 aliphatic rings. The van der Waals surface area contributed by atoms with Crippen molar-refractivity contribution in [3.63, 3.8) is 0 Å². The Labute approximate surface area is 140 Å². The zero-order chi connectivity index (χ0) is 15.5. The largest absolute Gasteiger partial charge is 0.463 e. The Morgan fingerprint density at radius 3 is 3.14 bits per heavy atom. The van der Waals surface area contributed by atoms with Crippen molar-refractivity contribution in [3.05, 3.63) is 46.0 Å². The lowest BCUT2D eigenvalue weighted by Crippen LogP contribution is -2.27. The lowest BCUT2D eigenvalue weighted by Gasteiger charge is -2.26. The molecule has 0 amide bonds. The highest BCUT2D eigenvalue weighted by molar-refractivity contribution is 8.00. The highest BCUT2D eigenvalue weighted by Gasteiger charge is 2.32. The molecule has 1 aliphatic heterocycles. The van der Waals surface area contributed by atoms with Crippen molar-refractivity contribution in [1.29, 1.82) is 0 Å². The van der Waals surface area contributed by atoms with Gasteiger partial charge in [0.15, 0.2) is 0 Å². The van der Waals surface area contributed by atoms with E-state index in [9.17, 15) is 4.79 Å². The average molecular weight is 339 g/mol. The first kappa shape index (κ1) is 15.9. The summed E-state index contributed by atoms with van der Waals surface area (Å²) < 4.78 is 10.7. The maximum absolute atomic E-state index is 12.1. The molecule has 0 N–H and O–H groups in total. The first-order valence-electron chi connectivity index (χ1n) is 7.58. The molecule has 1 aromatic rings. The number of hydrogen-bond acceptors (Lipinski definition) is 4. The fourth-order valence-electron chi connectivity index (χ4n) is 3.01. The lowest BCUT2D eigenvalue weighted by molar-refractivity contribution is -0.138. The van der Waals surface area contributed by atoms with Crippen LogP contribution in [0.25, 0.3) is 0 Å². The Morgan fingerprint density at radius 2 is 2.32 bits per heavy atom. The van der Waals surface area contributed by atoms with E-state index < -0.39 is 0 Å². The maximum atomic E-state index is 12.1. The molecule has 5 heteroatoms. The summed E-state index contributed by atoms with van der Waals surface area (Å²) >= 11 is 8.15. The molecule has 1 aliphatic carbocycles. The first-order valence-corrected chi connectivity index (χ1v) is 8.90. The standard InChI is InChI=1S/C17H19ClO3S/c1-2-21-17(19)12-8-9-20-10-15(12)22-14-7-6-11-4-3-5-13(18)16(11)14/h3-5,8,14-15H,2,6-7,9-10H2,1H3/t14-,15?/m0/s1. The number of thioether (sulfide) groups is 1. The van der Waals surface area contributed by atoms with Gasteiger partial charge in [-0.3, -0.25) is 0 Å². The van der Waals surface area contributed by atoms with E-state index in [4.69, 9.17) is 21.1 Å². The third-order valence-electron chi connectivity index (χ3n) is 4.02. The summed E-state index contributed by atoms with van der Waals surface area (Å²) in [4.78, 5) is 12.1. The molecule has 22 heavy (non-hydrogen) atoms. The van der Waals surface area contributed by atoms with E-state index in [1.807, 2.05) is 25.1 Å². The predicted molar refractivity (Wildman–Crippen MR) is 89.4 cm³/mol. The molecule has 0 saturated carbocycles. The number of carbonyl (C=O) groups excluding carboxylic acids is 1. The molecule has 3 rings (SSSR count). The van der Waals surface area contributed by atoms with E-state index in [0.717, 1.165) is 23.4 Å². The van der Waals surface area contributed by atoms with E-state index in [1.54, 1.807) is 11.8 Å². The summed E-state index contributed by atoms with van der Waals surface area (Å²) in [6, 6.07) is 6.09. The van der Waals surface area contributed by atoms with Crippen LogP contribution in [0.2, 0.25) is 5.02 Å². The van der Waals surface area contributed by atoms with E-state index in [1.165, 1.54) is 11.1 Å². The van der Waals surface area contributed by atoms with Gasteiger partial charge in [-0.1, -0.05) is 23.7 Å². The summed E-state index contributed by atoms with van der Waals surface area (Å²) in [6.45, 7) is 3.25. The van der Waals surface area contributed by atoms with Crippen LogP contribution < -0.4 is 0 Å². The van der Waals surface area contributed by atoms with Gasteiger partial charge in [0, 0.05) is 10.3 Å². The Bertz CT molecular complexity index is 600. The second-order valence-electron chi connectivity index (χ2n) is 5.38. The molecule has 118 valence electrons. The van der Waals surface area contributed by atoms with Crippen LogP contribution in [-0.4, -0.2) is 31.0 Å². The SMILES string of the molecule is CCOC(=O)C1=CCOCC1S[C@H]1CCc2cccc(Cl)c21. The van der Waals surface area contributed by atoms with Gasteiger partial charge in [0.05, 0.1) is 30.6 Å². The van der Waals surface area contributed by atoms with Gasteiger partial charge in [0.1, 0.15) is 0 Å². The van der Waals surface area contributed by atoms with Gasteiger partial charge in [0.2, 0.25) is 0 Å². The average Bonchev–Trinajstić information content (AvgIpc) is 2.92. The summed E-state index contributed by atoms with van der Waals surface area (Å²) in [5.74, 6) is -0.222. The van der Waals surface area contributed by atoms with Crippen molar-refractivity contribution >= 4 is 29.3 Å². The lowest BCUT2D eigenvalue weighted by atomic mass is 10.1. The topological polar surface area (TPSA) is 35.5 Å². The predicted octanol–water partition coefficient (Wildman–Crippen LogP) is 3.95. The van der Waals surface area contributed by atoms with E-state index >= 15 is 0 Å². The van der Waals surface area contributed by atoms with Crippen molar-refractivity contribution in [3.8, 4) is 0 Å². The monoisotopic (exact) mass is 338 g/mol. The van der Waals surface area contributed by atoms with E-state index in [-0.39, 0.29) is 11.2 Å². The molecule has 0 bridgehead atoms. The van der Waals surface area contributed by atoms with E-state index in [2.05, 4.69) is 6.07 Å². The van der Waals surface area contributed by atoms with Crippen LogP contribution in [-0.2, 0) is 20.7 Å². The quantitative estimate of drug-likeness (QED) is 0.779. The molecule has 1 heterocycles. The van der Waals surface area contributed by atoms with Crippen LogP contribution >= 0.6 is 23.4 Å². The molecular weight excluding hydrogens is 320 g/mol. The second kappa shape index (κ2) is 7.07. The summed E-state index contributed by atoms with van der Waals surface area (Å²) in [6.07, 6.45) is 3.94. The van der Waals surface area contributed by atoms with Crippen LogP contribution in [0.3, 0.4) is 0 Å². The number of rotatable bonds is 4. The van der Waals surface area contributed by atoms with Gasteiger partial charge in [-0.2, -0.15) is 0 Å². The number of carbonyl (C=O) groups is 1. The summed E-state index contributed by atoms with van der Waals surface area (Å²) in [7, 11) is 0. The van der Waals surface area contributed by atoms with Gasteiger partial charge >= 0.3 is 5.97 Å². The summed E-state index contributed by atoms with van der Waals surface area (Å²) in [5, 5.41) is 1.15. The Kier molecular flexibility index (Phi) is 5.11. The van der Waals surface area contributed by atoms with Gasteiger partial charge < -0.3 is 9.47 Å². The Morgan fingerprint density at radius 1 is 1.45 bits per heavy atom. The zero-order valence-corrected chi connectivity index (χ0v) is 14.1. The maximum Gasteiger partial charge on any atom is 0.334 e. The van der Waals surface area contributed by atoms with Gasteiger partial charge in [-0.15, -0.1) is 11.8 Å². The third-order valence-corrected chi connectivity index (χ3v) is 5.87. The van der Waals surface area contributed by atoms with Crippen molar-refractivity contribution in [2.24, 2.45) is 0 Å². The number of hydrogen-bond donors (Lipinski definition) is 0. The van der Waals surface area contributed by atoms with Gasteiger partial charge in [-0.25, -0.2) is 4.79 Å². The van der Waals surface area contributed by atoms with Crippen molar-refractivity contribution in [1.82, 2.24) is 0 Å². The molecule has 1 unspecified atom stereocenters. The molecule has 1 aromatic carbocycles. The molecule has 2 atom stereocenters. The fraction of sp³-hybridized carbons (Fsp3) is 0.471. The number of fused-ring (bicyclic) bond motifs is 1. The van der Waals surface area contributed by atoms with Crippen molar-refractivity contribution < 1.29 is 14.3 Å². The fourth-order valence-corrected chi connectivity index (χ4v) is 4.98. The van der Waals surface area contributed by atoms with Crippen LogP contribution in [0.5, 0.6) is 0 Å². The molecule has 0 spiro atoms. The number of halogens is 1. The molecule has 0 aromatic heterocycles. The number of benzene rings is 1. The molecular formula is C17H19ClO3S. The summed E-state index contributed by atoms with van der Waals surface area (Å²) in [5.41, 5.74) is 3.28. The Balaban J connectivity index is 1.78. The number of aryl methyl sites for hydroxylation is 1. The van der Waals surface area contributed by atoms with Gasteiger partial charge in [-0.05, 0) is 43.0 Å². The minimum atomic E-state index is -0.222. The van der Waals surface area contributed by atoms with E-state index in [0.29, 0.717) is 25.1 Å². The zero-order valence-electron chi connectivity index (χ0n) is 12.5. The van der Waals surface area contributed by atoms with Crippen LogP contribution in [0.15, 0.2) is 29.8 Å². The molecule has 0 radical (unpaired) electrons. The van der Waals surface area contributed by atoms with Crippen molar-refractivity contribution in [2.75, 3.05) is 19.8 Å². The van der Waals surface area contributed by atoms with Crippen LogP contribution in [0, 0.1) is 0 Å². The molecule has 0 saturated heterocycles. The smallest absolute Gasteiger partial charge is 0.334 e.